The van der Waals surface area contributed by atoms with Gasteiger partial charge >= 0.3 is 0 Å². The van der Waals surface area contributed by atoms with Gasteiger partial charge in [-0.1, -0.05) is 36.8 Å². The average molecular weight is 374 g/mol. The first kappa shape index (κ1) is 16.1. The number of amides is 1. The van der Waals surface area contributed by atoms with Gasteiger partial charge in [-0.25, -0.2) is 0 Å². The molecule has 0 bridgehead atoms. The summed E-state index contributed by atoms with van der Waals surface area (Å²) in [6.45, 7) is 0.680. The monoisotopic (exact) mass is 373 g/mol. The quantitative estimate of drug-likeness (QED) is 0.847. The van der Waals surface area contributed by atoms with Crippen LogP contribution >= 0.6 is 15.9 Å². The lowest BCUT2D eigenvalue weighted by Gasteiger charge is -2.42. The number of hydrogen-bond donors (Lipinski definition) is 1. The molecule has 0 spiro atoms. The van der Waals surface area contributed by atoms with Crippen molar-refractivity contribution < 1.29 is 9.53 Å². The molecule has 0 aliphatic heterocycles. The minimum atomic E-state index is -0.0458. The normalized spacial score (nSPS) is 15.6. The summed E-state index contributed by atoms with van der Waals surface area (Å²) < 4.78 is 5.99. The fraction of sp³-hybridized carbons (Fsp3) is 0.316. The lowest BCUT2D eigenvalue weighted by atomic mass is 9.64. The topological polar surface area (TPSA) is 38.3 Å². The van der Waals surface area contributed by atoms with Crippen molar-refractivity contribution >= 4 is 21.8 Å². The summed E-state index contributed by atoms with van der Waals surface area (Å²) in [6, 6.07) is 15.9. The van der Waals surface area contributed by atoms with Gasteiger partial charge in [0.1, 0.15) is 5.75 Å². The van der Waals surface area contributed by atoms with Crippen molar-refractivity contribution in [2.45, 2.75) is 24.7 Å². The number of ether oxygens (including phenoxy) is 1. The number of benzene rings is 2. The molecule has 0 aromatic heterocycles. The maximum Gasteiger partial charge on any atom is 0.251 e. The standard InChI is InChI=1S/C19H20BrNO2/c1-23-17-9-8-14(12-16(17)20)18(22)21-13-19(10-5-11-19)15-6-3-2-4-7-15/h2-4,6-9,12H,5,10-11,13H2,1H3,(H,21,22). The van der Waals surface area contributed by atoms with Gasteiger partial charge in [-0.3, -0.25) is 4.79 Å². The zero-order valence-electron chi connectivity index (χ0n) is 13.1. The van der Waals surface area contributed by atoms with Crippen LogP contribution in [0.1, 0.15) is 35.2 Å². The number of rotatable bonds is 5. The molecule has 2 aromatic rings. The number of methoxy groups -OCH3 is 1. The predicted octanol–water partition coefficient (Wildman–Crippen LogP) is 4.31. The highest BCUT2D eigenvalue weighted by Gasteiger charge is 2.38. The molecule has 0 heterocycles. The van der Waals surface area contributed by atoms with Gasteiger partial charge in [0.15, 0.2) is 0 Å². The van der Waals surface area contributed by atoms with Gasteiger partial charge in [0.05, 0.1) is 11.6 Å². The van der Waals surface area contributed by atoms with Gasteiger partial charge in [0, 0.05) is 17.5 Å². The van der Waals surface area contributed by atoms with Crippen LogP contribution in [0.5, 0.6) is 5.75 Å². The molecule has 1 aliphatic rings. The Morgan fingerprint density at radius 2 is 1.96 bits per heavy atom. The Labute approximate surface area is 145 Å². The van der Waals surface area contributed by atoms with Gasteiger partial charge in [0.2, 0.25) is 0 Å². The maximum absolute atomic E-state index is 12.4. The van der Waals surface area contributed by atoms with E-state index in [2.05, 4.69) is 45.5 Å². The number of hydrogen-bond acceptors (Lipinski definition) is 2. The SMILES string of the molecule is COc1ccc(C(=O)NCC2(c3ccccc3)CCC2)cc1Br. The number of halogens is 1. The van der Waals surface area contributed by atoms with Crippen molar-refractivity contribution in [3.63, 3.8) is 0 Å². The van der Waals surface area contributed by atoms with Crippen LogP contribution in [0, 0.1) is 0 Å². The van der Waals surface area contributed by atoms with Gasteiger partial charge < -0.3 is 10.1 Å². The Morgan fingerprint density at radius 3 is 2.52 bits per heavy atom. The fourth-order valence-corrected chi connectivity index (χ4v) is 3.66. The third-order valence-electron chi connectivity index (χ3n) is 4.70. The van der Waals surface area contributed by atoms with Crippen molar-refractivity contribution in [2.75, 3.05) is 13.7 Å². The summed E-state index contributed by atoms with van der Waals surface area (Å²) in [7, 11) is 1.61. The largest absolute Gasteiger partial charge is 0.496 e. The maximum atomic E-state index is 12.4. The molecule has 0 radical (unpaired) electrons. The van der Waals surface area contributed by atoms with Crippen LogP contribution in [0.3, 0.4) is 0 Å². The summed E-state index contributed by atoms with van der Waals surface area (Å²) in [5, 5.41) is 3.10. The molecule has 2 aromatic carbocycles. The second-order valence-corrected chi connectivity index (χ2v) is 6.89. The molecule has 4 heteroatoms. The second kappa shape index (κ2) is 6.75. The molecule has 1 aliphatic carbocycles. The zero-order valence-corrected chi connectivity index (χ0v) is 14.7. The highest BCUT2D eigenvalue weighted by Crippen LogP contribution is 2.43. The van der Waals surface area contributed by atoms with Crippen molar-refractivity contribution in [3.8, 4) is 5.75 Å². The van der Waals surface area contributed by atoms with Crippen LogP contribution in [-0.4, -0.2) is 19.6 Å². The molecule has 1 amide bonds. The van der Waals surface area contributed by atoms with E-state index in [1.54, 1.807) is 25.3 Å². The fourth-order valence-electron chi connectivity index (χ4n) is 3.12. The van der Waals surface area contributed by atoms with Crippen LogP contribution in [-0.2, 0) is 5.41 Å². The van der Waals surface area contributed by atoms with Gasteiger partial charge in [-0.05, 0) is 52.5 Å². The minimum Gasteiger partial charge on any atom is -0.496 e. The third-order valence-corrected chi connectivity index (χ3v) is 5.32. The lowest BCUT2D eigenvalue weighted by Crippen LogP contribution is -2.45. The van der Waals surface area contributed by atoms with E-state index < -0.39 is 0 Å². The van der Waals surface area contributed by atoms with E-state index in [1.807, 2.05) is 6.07 Å². The molecule has 3 nitrogen and oxygen atoms in total. The lowest BCUT2D eigenvalue weighted by molar-refractivity contribution is 0.0928. The van der Waals surface area contributed by atoms with Gasteiger partial charge in [-0.15, -0.1) is 0 Å². The molecule has 0 saturated heterocycles. The van der Waals surface area contributed by atoms with Crippen LogP contribution in [0.15, 0.2) is 53.0 Å². The summed E-state index contributed by atoms with van der Waals surface area (Å²) in [5.41, 5.74) is 2.06. The van der Waals surface area contributed by atoms with Crippen LogP contribution < -0.4 is 10.1 Å². The van der Waals surface area contributed by atoms with E-state index in [0.29, 0.717) is 12.1 Å². The smallest absolute Gasteiger partial charge is 0.251 e. The summed E-state index contributed by atoms with van der Waals surface area (Å²) in [4.78, 5) is 12.4. The van der Waals surface area contributed by atoms with E-state index in [4.69, 9.17) is 4.74 Å². The molecular formula is C19H20BrNO2. The highest BCUT2D eigenvalue weighted by molar-refractivity contribution is 9.10. The van der Waals surface area contributed by atoms with E-state index in [0.717, 1.165) is 23.1 Å². The van der Waals surface area contributed by atoms with Crippen molar-refractivity contribution in [2.24, 2.45) is 0 Å². The minimum absolute atomic E-state index is 0.0458. The molecule has 1 saturated carbocycles. The Hall–Kier alpha value is -1.81. The Morgan fingerprint density at radius 1 is 1.22 bits per heavy atom. The van der Waals surface area contributed by atoms with Crippen LogP contribution in [0.4, 0.5) is 0 Å². The Balaban J connectivity index is 1.70. The van der Waals surface area contributed by atoms with Crippen molar-refractivity contribution in [1.82, 2.24) is 5.32 Å². The van der Waals surface area contributed by atoms with E-state index in [9.17, 15) is 4.79 Å². The molecule has 1 N–H and O–H groups in total. The highest BCUT2D eigenvalue weighted by atomic mass is 79.9. The third kappa shape index (κ3) is 3.27. The van der Waals surface area contributed by atoms with Crippen LogP contribution in [0.25, 0.3) is 0 Å². The molecular weight excluding hydrogens is 354 g/mol. The second-order valence-electron chi connectivity index (χ2n) is 6.03. The number of nitrogens with one attached hydrogen (secondary N) is 1. The van der Waals surface area contributed by atoms with E-state index in [1.165, 1.54) is 12.0 Å². The van der Waals surface area contributed by atoms with E-state index >= 15 is 0 Å². The van der Waals surface area contributed by atoms with Crippen LogP contribution in [0.2, 0.25) is 0 Å². The van der Waals surface area contributed by atoms with Crippen molar-refractivity contribution in [1.29, 1.82) is 0 Å². The first-order valence-corrected chi connectivity index (χ1v) is 8.61. The predicted molar refractivity (Wildman–Crippen MR) is 95.0 cm³/mol. The van der Waals surface area contributed by atoms with E-state index in [-0.39, 0.29) is 11.3 Å². The summed E-state index contributed by atoms with van der Waals surface area (Å²) in [5.74, 6) is 0.678. The number of carbonyl (C=O) groups excluding carboxylic acids is 1. The molecule has 120 valence electrons. The first-order valence-electron chi connectivity index (χ1n) is 7.82. The summed E-state index contributed by atoms with van der Waals surface area (Å²) >= 11 is 3.42. The molecule has 0 atom stereocenters. The molecule has 23 heavy (non-hydrogen) atoms. The average Bonchev–Trinajstić information content (AvgIpc) is 2.54. The van der Waals surface area contributed by atoms with Crippen molar-refractivity contribution in [3.05, 3.63) is 64.1 Å². The molecule has 3 rings (SSSR count). The zero-order chi connectivity index (χ0) is 16.3. The van der Waals surface area contributed by atoms with Gasteiger partial charge in [0.25, 0.3) is 5.91 Å². The Bertz CT molecular complexity index is 696. The summed E-state index contributed by atoms with van der Waals surface area (Å²) in [6.07, 6.45) is 3.48. The number of carbonyl (C=O) groups is 1. The molecule has 0 unspecified atom stereocenters. The Kier molecular flexibility index (Phi) is 4.71. The molecule has 1 fully saturated rings. The first-order chi connectivity index (χ1) is 11.1. The van der Waals surface area contributed by atoms with Gasteiger partial charge in [-0.2, -0.15) is 0 Å².